The van der Waals surface area contributed by atoms with Crippen LogP contribution < -0.4 is 5.46 Å². The van der Waals surface area contributed by atoms with Crippen LogP contribution in [-0.2, 0) is 6.54 Å². The molecule has 0 unspecified atom stereocenters. The van der Waals surface area contributed by atoms with Gasteiger partial charge in [-0.05, 0) is 11.1 Å². The first kappa shape index (κ1) is 10.7. The van der Waals surface area contributed by atoms with Crippen LogP contribution in [0.3, 0.4) is 0 Å². The number of hydrogen-bond acceptors (Lipinski definition) is 1. The van der Waals surface area contributed by atoms with Crippen LogP contribution in [0.5, 0.6) is 0 Å². The fourth-order valence-corrected chi connectivity index (χ4v) is 1.56. The van der Waals surface area contributed by atoms with Gasteiger partial charge in [-0.1, -0.05) is 60.1 Å². The van der Waals surface area contributed by atoms with Crippen LogP contribution in [0.15, 0.2) is 59.6 Å². The van der Waals surface area contributed by atoms with Gasteiger partial charge in [-0.3, -0.25) is 4.99 Å². The average molecular weight is 207 g/mol. The normalized spacial score (nSPS) is 10.8. The van der Waals surface area contributed by atoms with E-state index in [-0.39, 0.29) is 0 Å². The first-order valence-electron chi connectivity index (χ1n) is 5.45. The molecule has 2 aromatic carbocycles. The molecule has 0 aliphatic carbocycles. The Morgan fingerprint density at radius 3 is 2.38 bits per heavy atom. The van der Waals surface area contributed by atoms with Gasteiger partial charge in [-0.25, -0.2) is 0 Å². The predicted octanol–water partition coefficient (Wildman–Crippen LogP) is 1.56. The van der Waals surface area contributed by atoms with E-state index in [2.05, 4.69) is 37.1 Å². The number of rotatable bonds is 3. The molecule has 0 saturated carbocycles. The zero-order valence-corrected chi connectivity index (χ0v) is 9.43. The van der Waals surface area contributed by atoms with Crippen LogP contribution in [0.1, 0.15) is 11.1 Å². The van der Waals surface area contributed by atoms with Crippen molar-refractivity contribution in [1.29, 1.82) is 0 Å². The van der Waals surface area contributed by atoms with Crippen LogP contribution in [0.4, 0.5) is 0 Å². The summed E-state index contributed by atoms with van der Waals surface area (Å²) in [5.74, 6) is 0. The van der Waals surface area contributed by atoms with Crippen molar-refractivity contribution in [2.75, 3.05) is 0 Å². The lowest BCUT2D eigenvalue weighted by Crippen LogP contribution is -2.08. The number of aliphatic imine (C=N–C) groups is 1. The summed E-state index contributed by atoms with van der Waals surface area (Å²) in [4.78, 5) is 4.45. The lowest BCUT2D eigenvalue weighted by Gasteiger charge is -1.98. The largest absolute Gasteiger partial charge is 0.288 e. The summed E-state index contributed by atoms with van der Waals surface area (Å²) >= 11 is 0. The van der Waals surface area contributed by atoms with Crippen molar-refractivity contribution in [1.82, 2.24) is 0 Å². The molecule has 0 bridgehead atoms. The third-order valence-corrected chi connectivity index (χ3v) is 2.54. The molecular weight excluding hydrogens is 193 g/mol. The first-order valence-corrected chi connectivity index (χ1v) is 5.45. The SMILES string of the molecule is Bc1ccccc1/C=N/Cc1ccccc1. The van der Waals surface area contributed by atoms with Crippen LogP contribution in [0.2, 0.25) is 0 Å². The molecule has 0 radical (unpaired) electrons. The van der Waals surface area contributed by atoms with Gasteiger partial charge in [0.05, 0.1) is 6.54 Å². The minimum absolute atomic E-state index is 0.745. The van der Waals surface area contributed by atoms with E-state index in [1.165, 1.54) is 16.6 Å². The maximum absolute atomic E-state index is 4.45. The molecular formula is C14H14BN. The fourth-order valence-electron chi connectivity index (χ4n) is 1.56. The van der Waals surface area contributed by atoms with Crippen LogP contribution in [-0.4, -0.2) is 14.1 Å². The summed E-state index contributed by atoms with van der Waals surface area (Å²) in [5, 5.41) is 0. The molecule has 0 fully saturated rings. The van der Waals surface area contributed by atoms with Gasteiger partial charge in [0, 0.05) is 6.21 Å². The predicted molar refractivity (Wildman–Crippen MR) is 72.4 cm³/mol. The molecule has 2 rings (SSSR count). The van der Waals surface area contributed by atoms with E-state index < -0.39 is 0 Å². The third kappa shape index (κ3) is 2.83. The summed E-state index contributed by atoms with van der Waals surface area (Å²) in [6.45, 7) is 0.745. The second kappa shape index (κ2) is 5.31. The maximum atomic E-state index is 4.45. The zero-order chi connectivity index (χ0) is 11.2. The minimum atomic E-state index is 0.745. The van der Waals surface area contributed by atoms with Crippen molar-refractivity contribution in [2.24, 2.45) is 4.99 Å². The second-order valence-electron chi connectivity index (χ2n) is 3.81. The van der Waals surface area contributed by atoms with E-state index in [1.807, 2.05) is 36.5 Å². The topological polar surface area (TPSA) is 12.4 Å². The van der Waals surface area contributed by atoms with E-state index in [0.717, 1.165) is 6.54 Å². The van der Waals surface area contributed by atoms with Crippen molar-refractivity contribution in [2.45, 2.75) is 6.54 Å². The molecule has 0 amide bonds. The molecule has 0 N–H and O–H groups in total. The van der Waals surface area contributed by atoms with Crippen molar-refractivity contribution < 1.29 is 0 Å². The Balaban J connectivity index is 2.03. The Morgan fingerprint density at radius 2 is 1.62 bits per heavy atom. The van der Waals surface area contributed by atoms with E-state index in [9.17, 15) is 0 Å². The van der Waals surface area contributed by atoms with E-state index in [0.29, 0.717) is 0 Å². The van der Waals surface area contributed by atoms with Crippen LogP contribution >= 0.6 is 0 Å². The number of benzene rings is 2. The Labute approximate surface area is 97.3 Å². The van der Waals surface area contributed by atoms with Crippen LogP contribution in [0.25, 0.3) is 0 Å². The van der Waals surface area contributed by atoms with Gasteiger partial charge < -0.3 is 0 Å². The third-order valence-electron chi connectivity index (χ3n) is 2.54. The molecule has 78 valence electrons. The molecule has 0 atom stereocenters. The lowest BCUT2D eigenvalue weighted by molar-refractivity contribution is 1.08. The molecule has 16 heavy (non-hydrogen) atoms. The first-order chi connectivity index (χ1) is 7.86. The molecule has 0 saturated heterocycles. The highest BCUT2D eigenvalue weighted by molar-refractivity contribution is 6.35. The van der Waals surface area contributed by atoms with Gasteiger partial charge in [-0.2, -0.15) is 0 Å². The Bertz CT molecular complexity index is 477. The highest BCUT2D eigenvalue weighted by Crippen LogP contribution is 2.00. The average Bonchev–Trinajstić information content (AvgIpc) is 2.33. The van der Waals surface area contributed by atoms with E-state index in [4.69, 9.17) is 0 Å². The fraction of sp³-hybridized carbons (Fsp3) is 0.0714. The molecule has 0 heterocycles. The van der Waals surface area contributed by atoms with Gasteiger partial charge in [-0.15, -0.1) is 0 Å². The molecule has 0 aromatic heterocycles. The van der Waals surface area contributed by atoms with Crippen molar-refractivity contribution in [3.8, 4) is 0 Å². The molecule has 0 aliphatic heterocycles. The highest BCUT2D eigenvalue weighted by atomic mass is 14.7. The van der Waals surface area contributed by atoms with Crippen molar-refractivity contribution in [3.63, 3.8) is 0 Å². The molecule has 2 heteroatoms. The summed E-state index contributed by atoms with van der Waals surface area (Å²) in [6.07, 6.45) is 1.95. The Hall–Kier alpha value is -1.83. The summed E-state index contributed by atoms with van der Waals surface area (Å²) in [6, 6.07) is 18.6. The molecule has 0 spiro atoms. The summed E-state index contributed by atoms with van der Waals surface area (Å²) in [5.41, 5.74) is 3.70. The van der Waals surface area contributed by atoms with Gasteiger partial charge in [0.2, 0.25) is 0 Å². The Morgan fingerprint density at radius 1 is 0.938 bits per heavy atom. The summed E-state index contributed by atoms with van der Waals surface area (Å²) < 4.78 is 0. The quantitative estimate of drug-likeness (QED) is 0.535. The molecule has 1 nitrogen and oxygen atoms in total. The zero-order valence-electron chi connectivity index (χ0n) is 9.43. The lowest BCUT2D eigenvalue weighted by atomic mass is 9.91. The summed E-state index contributed by atoms with van der Waals surface area (Å²) in [7, 11) is 2.10. The Kier molecular flexibility index (Phi) is 3.55. The van der Waals surface area contributed by atoms with Gasteiger partial charge in [0.25, 0.3) is 0 Å². The highest BCUT2D eigenvalue weighted by Gasteiger charge is 1.91. The van der Waals surface area contributed by atoms with Gasteiger partial charge in [0.1, 0.15) is 7.85 Å². The molecule has 0 aliphatic rings. The van der Waals surface area contributed by atoms with Crippen molar-refractivity contribution >= 4 is 19.5 Å². The van der Waals surface area contributed by atoms with Crippen molar-refractivity contribution in [3.05, 3.63) is 65.7 Å². The molecule has 2 aromatic rings. The van der Waals surface area contributed by atoms with E-state index in [1.54, 1.807) is 0 Å². The van der Waals surface area contributed by atoms with E-state index >= 15 is 0 Å². The monoisotopic (exact) mass is 207 g/mol. The minimum Gasteiger partial charge on any atom is -0.288 e. The van der Waals surface area contributed by atoms with Gasteiger partial charge >= 0.3 is 0 Å². The number of nitrogens with zero attached hydrogens (tertiary/aromatic N) is 1. The van der Waals surface area contributed by atoms with Crippen LogP contribution in [0, 0.1) is 0 Å². The van der Waals surface area contributed by atoms with Gasteiger partial charge in [0.15, 0.2) is 0 Å². The standard InChI is InChI=1S/C14H14BN/c15-14-9-5-4-8-13(14)11-16-10-12-6-2-1-3-7-12/h1-9,11H,10,15H2/b16-11+. The second-order valence-corrected chi connectivity index (χ2v) is 3.81. The maximum Gasteiger partial charge on any atom is 0.140 e. The smallest absolute Gasteiger partial charge is 0.140 e. The number of hydrogen-bond donors (Lipinski definition) is 0.